The highest BCUT2D eigenvalue weighted by atomic mass is 32.2. The van der Waals surface area contributed by atoms with Crippen LogP contribution in [-0.4, -0.2) is 79.6 Å². The van der Waals surface area contributed by atoms with E-state index in [4.69, 9.17) is 0 Å². The van der Waals surface area contributed by atoms with Crippen molar-refractivity contribution >= 4 is 22.0 Å². The molecule has 9 nitrogen and oxygen atoms in total. The Hall–Kier alpha value is -2.08. The van der Waals surface area contributed by atoms with Crippen molar-refractivity contribution in [2.45, 2.75) is 25.7 Å². The molecule has 1 aromatic rings. The van der Waals surface area contributed by atoms with Gasteiger partial charge in [0.2, 0.25) is 0 Å². The number of carbonyl (C=O) groups is 2. The smallest absolute Gasteiger partial charge is 0.282 e. The van der Waals surface area contributed by atoms with Crippen LogP contribution in [0.3, 0.4) is 0 Å². The first kappa shape index (κ1) is 22.6. The second-order valence-electron chi connectivity index (χ2n) is 7.51. The maximum Gasteiger partial charge on any atom is 0.282 e. The van der Waals surface area contributed by atoms with Crippen LogP contribution < -0.4 is 10.9 Å². The van der Waals surface area contributed by atoms with Crippen molar-refractivity contribution in [3.8, 4) is 0 Å². The Kier molecular flexibility index (Phi) is 7.75. The van der Waals surface area contributed by atoms with E-state index in [2.05, 4.69) is 10.9 Å². The lowest BCUT2D eigenvalue weighted by molar-refractivity contribution is -0.123. The number of nitrogens with one attached hydrogen (secondary N) is 2. The summed E-state index contributed by atoms with van der Waals surface area (Å²) < 4.78 is 41.6. The quantitative estimate of drug-likeness (QED) is 0.641. The first-order valence-corrected chi connectivity index (χ1v) is 11.6. The monoisotopic (exact) mass is 441 g/mol. The van der Waals surface area contributed by atoms with E-state index in [9.17, 15) is 22.4 Å². The number of halogens is 1. The van der Waals surface area contributed by atoms with Crippen molar-refractivity contribution in [1.82, 2.24) is 24.4 Å². The van der Waals surface area contributed by atoms with Gasteiger partial charge in [-0.15, -0.1) is 0 Å². The van der Waals surface area contributed by atoms with E-state index in [0.29, 0.717) is 39.3 Å². The van der Waals surface area contributed by atoms with Gasteiger partial charge in [0.05, 0.1) is 6.54 Å². The van der Waals surface area contributed by atoms with Gasteiger partial charge in [-0.05, 0) is 37.1 Å². The summed E-state index contributed by atoms with van der Waals surface area (Å²) in [4.78, 5) is 25.9. The van der Waals surface area contributed by atoms with E-state index in [0.717, 1.165) is 37.8 Å². The Morgan fingerprint density at radius 1 is 0.833 bits per heavy atom. The molecule has 2 amide bonds. The zero-order valence-corrected chi connectivity index (χ0v) is 17.7. The average Bonchev–Trinajstić information content (AvgIpc) is 3.03. The maximum atomic E-state index is 12.9. The molecule has 2 aliphatic rings. The molecule has 2 fully saturated rings. The molecule has 2 saturated heterocycles. The third-order valence-corrected chi connectivity index (χ3v) is 7.37. The second-order valence-corrected chi connectivity index (χ2v) is 9.43. The minimum atomic E-state index is -3.46. The number of carbonyl (C=O) groups excluding carboxylic acids is 2. The highest BCUT2D eigenvalue weighted by molar-refractivity contribution is 7.86. The van der Waals surface area contributed by atoms with Crippen LogP contribution in [0.5, 0.6) is 0 Å². The molecule has 11 heteroatoms. The molecule has 2 N–H and O–H groups in total. The van der Waals surface area contributed by atoms with Crippen molar-refractivity contribution in [1.29, 1.82) is 0 Å². The number of rotatable bonds is 5. The summed E-state index contributed by atoms with van der Waals surface area (Å²) in [6, 6.07) is 4.97. The van der Waals surface area contributed by atoms with Gasteiger partial charge in [0.15, 0.2) is 0 Å². The molecule has 2 aliphatic heterocycles. The standard InChI is InChI=1S/C19H28FN5O4S/c20-17-7-5-16(6-8-17)19(27)22-21-18(26)15-23-11-13-25(14-12-23)30(28,29)24-9-3-1-2-4-10-24/h5-8H,1-4,9-15H2,(H,21,26)(H,22,27). The Balaban J connectivity index is 1.42. The molecule has 3 rings (SSSR count). The number of hydrogen-bond acceptors (Lipinski definition) is 5. The van der Waals surface area contributed by atoms with Crippen LogP contribution in [0.2, 0.25) is 0 Å². The van der Waals surface area contributed by atoms with Gasteiger partial charge in [0.1, 0.15) is 5.82 Å². The summed E-state index contributed by atoms with van der Waals surface area (Å²) in [5.74, 6) is -1.40. The zero-order chi connectivity index (χ0) is 21.6. The number of nitrogens with zero attached hydrogens (tertiary/aromatic N) is 3. The normalized spacial score (nSPS) is 19.8. The SMILES string of the molecule is O=C(CN1CCN(S(=O)(=O)N2CCCCCC2)CC1)NNC(=O)c1ccc(F)cc1. The Morgan fingerprint density at radius 2 is 1.40 bits per heavy atom. The molecule has 30 heavy (non-hydrogen) atoms. The van der Waals surface area contributed by atoms with Gasteiger partial charge < -0.3 is 0 Å². The average molecular weight is 442 g/mol. The lowest BCUT2D eigenvalue weighted by Gasteiger charge is -2.36. The molecule has 0 spiro atoms. The van der Waals surface area contributed by atoms with Crippen molar-refractivity contribution in [3.63, 3.8) is 0 Å². The Labute approximate surface area is 176 Å². The molecular formula is C19H28FN5O4S. The van der Waals surface area contributed by atoms with E-state index in [1.54, 1.807) is 4.31 Å². The number of amides is 2. The number of hydrogen-bond donors (Lipinski definition) is 2. The number of benzene rings is 1. The van der Waals surface area contributed by atoms with Gasteiger partial charge in [0, 0.05) is 44.8 Å². The lowest BCUT2D eigenvalue weighted by Crippen LogP contribution is -2.55. The number of piperazine rings is 1. The summed E-state index contributed by atoms with van der Waals surface area (Å²) >= 11 is 0. The molecule has 1 aromatic carbocycles. The van der Waals surface area contributed by atoms with Gasteiger partial charge in [-0.1, -0.05) is 12.8 Å². The van der Waals surface area contributed by atoms with E-state index in [-0.39, 0.29) is 12.1 Å². The fraction of sp³-hybridized carbons (Fsp3) is 0.579. The summed E-state index contributed by atoms with van der Waals surface area (Å²) in [5.41, 5.74) is 4.84. The Bertz CT molecular complexity index is 833. The van der Waals surface area contributed by atoms with Crippen molar-refractivity contribution in [3.05, 3.63) is 35.6 Å². The molecule has 0 saturated carbocycles. The molecule has 2 heterocycles. The van der Waals surface area contributed by atoms with Gasteiger partial charge in [-0.3, -0.25) is 25.3 Å². The minimum absolute atomic E-state index is 0.0430. The Morgan fingerprint density at radius 3 is 2.00 bits per heavy atom. The van der Waals surface area contributed by atoms with Crippen LogP contribution in [0.4, 0.5) is 4.39 Å². The highest BCUT2D eigenvalue weighted by Crippen LogP contribution is 2.17. The highest BCUT2D eigenvalue weighted by Gasteiger charge is 2.32. The minimum Gasteiger partial charge on any atom is -0.292 e. The first-order chi connectivity index (χ1) is 14.4. The van der Waals surface area contributed by atoms with E-state index in [1.807, 2.05) is 4.90 Å². The van der Waals surface area contributed by atoms with Crippen molar-refractivity contribution in [2.24, 2.45) is 0 Å². The van der Waals surface area contributed by atoms with Crippen LogP contribution in [0.1, 0.15) is 36.0 Å². The largest absolute Gasteiger partial charge is 0.292 e. The molecular weight excluding hydrogens is 413 g/mol. The van der Waals surface area contributed by atoms with E-state index in [1.165, 1.54) is 16.4 Å². The molecule has 0 unspecified atom stereocenters. The van der Waals surface area contributed by atoms with Gasteiger partial charge in [0.25, 0.3) is 22.0 Å². The van der Waals surface area contributed by atoms with Crippen molar-refractivity contribution in [2.75, 3.05) is 45.8 Å². The van der Waals surface area contributed by atoms with Gasteiger partial charge in [-0.25, -0.2) is 4.39 Å². The maximum absolute atomic E-state index is 12.9. The molecule has 0 bridgehead atoms. The van der Waals surface area contributed by atoms with Crippen LogP contribution in [0.15, 0.2) is 24.3 Å². The summed E-state index contributed by atoms with van der Waals surface area (Å²) in [7, 11) is -3.46. The second kappa shape index (κ2) is 10.3. The van der Waals surface area contributed by atoms with E-state index >= 15 is 0 Å². The topological polar surface area (TPSA) is 102 Å². The fourth-order valence-corrected chi connectivity index (χ4v) is 5.27. The molecule has 166 valence electrons. The summed E-state index contributed by atoms with van der Waals surface area (Å²) in [5, 5.41) is 0. The predicted molar refractivity (Wildman–Crippen MR) is 109 cm³/mol. The van der Waals surface area contributed by atoms with Crippen molar-refractivity contribution < 1.29 is 22.4 Å². The first-order valence-electron chi connectivity index (χ1n) is 10.2. The number of hydrazine groups is 1. The molecule has 0 aliphatic carbocycles. The van der Waals surface area contributed by atoms with Gasteiger partial charge in [-0.2, -0.15) is 17.0 Å². The van der Waals surface area contributed by atoms with Crippen LogP contribution in [0, 0.1) is 5.82 Å². The summed E-state index contributed by atoms with van der Waals surface area (Å²) in [6.45, 7) is 2.71. The lowest BCUT2D eigenvalue weighted by atomic mass is 10.2. The third-order valence-electron chi connectivity index (χ3n) is 5.34. The fourth-order valence-electron chi connectivity index (χ4n) is 3.60. The van der Waals surface area contributed by atoms with Crippen LogP contribution >= 0.6 is 0 Å². The summed E-state index contributed by atoms with van der Waals surface area (Å²) in [6.07, 6.45) is 3.91. The van der Waals surface area contributed by atoms with Crippen LogP contribution in [-0.2, 0) is 15.0 Å². The molecule has 0 radical (unpaired) electrons. The van der Waals surface area contributed by atoms with Crippen LogP contribution in [0.25, 0.3) is 0 Å². The predicted octanol–water partition coefficient (Wildman–Crippen LogP) is 0.325. The molecule has 0 aromatic heterocycles. The zero-order valence-electron chi connectivity index (χ0n) is 16.8. The van der Waals surface area contributed by atoms with Gasteiger partial charge >= 0.3 is 0 Å². The van der Waals surface area contributed by atoms with E-state index < -0.39 is 27.8 Å². The third kappa shape index (κ3) is 5.97. The molecule has 0 atom stereocenters.